The van der Waals surface area contributed by atoms with Crippen molar-refractivity contribution in [1.29, 1.82) is 0 Å². The fourth-order valence-electron chi connectivity index (χ4n) is 2.94. The fourth-order valence-corrected chi connectivity index (χ4v) is 4.38. The Balaban J connectivity index is 1.93. The van der Waals surface area contributed by atoms with E-state index >= 15 is 0 Å². The molecule has 1 N–H and O–H groups in total. The van der Waals surface area contributed by atoms with E-state index in [9.17, 15) is 18.3 Å². The number of benzene rings is 1. The van der Waals surface area contributed by atoms with Crippen molar-refractivity contribution in [2.75, 3.05) is 26.3 Å². The molecule has 0 radical (unpaired) electrons. The van der Waals surface area contributed by atoms with Crippen molar-refractivity contribution >= 4 is 26.6 Å². The Morgan fingerprint density at radius 3 is 2.68 bits per heavy atom. The highest BCUT2D eigenvalue weighted by Gasteiger charge is 2.27. The van der Waals surface area contributed by atoms with Gasteiger partial charge in [0.25, 0.3) is 5.56 Å². The highest BCUT2D eigenvalue weighted by atomic mass is 32.2. The van der Waals surface area contributed by atoms with Crippen LogP contribution in [0.2, 0.25) is 0 Å². The standard InChI is InChI=1S/C16H15N3O5S/c20-14-2-1-5-19-13-4-3-11(10-12(13)16(21)17-15(14)19)25(22,23)18-6-8-24-9-7-18/h1-5,10,20H,6-9H2. The fraction of sp³-hybridized carbons (Fsp3) is 0.250. The zero-order chi connectivity index (χ0) is 17.6. The summed E-state index contributed by atoms with van der Waals surface area (Å²) < 4.78 is 33.6. The number of aromatic hydroxyl groups is 1. The third-order valence-corrected chi connectivity index (χ3v) is 6.11. The Bertz CT molecular complexity index is 1130. The first kappa shape index (κ1) is 16.0. The van der Waals surface area contributed by atoms with Crippen LogP contribution in [-0.4, -0.2) is 53.5 Å². The minimum atomic E-state index is -3.70. The molecule has 0 aliphatic carbocycles. The van der Waals surface area contributed by atoms with Crippen LogP contribution in [0.3, 0.4) is 0 Å². The quantitative estimate of drug-likeness (QED) is 0.670. The van der Waals surface area contributed by atoms with E-state index in [4.69, 9.17) is 4.74 Å². The first-order valence-electron chi connectivity index (χ1n) is 7.70. The molecule has 0 bridgehead atoms. The lowest BCUT2D eigenvalue weighted by Crippen LogP contribution is -2.40. The van der Waals surface area contributed by atoms with Crippen molar-refractivity contribution in [3.63, 3.8) is 0 Å². The number of ether oxygens (including phenoxy) is 1. The van der Waals surface area contributed by atoms with Gasteiger partial charge in [-0.05, 0) is 30.3 Å². The Morgan fingerprint density at radius 2 is 1.92 bits per heavy atom. The van der Waals surface area contributed by atoms with Gasteiger partial charge in [-0.3, -0.25) is 9.20 Å². The Kier molecular flexibility index (Phi) is 3.71. The molecular weight excluding hydrogens is 346 g/mol. The van der Waals surface area contributed by atoms with Gasteiger partial charge in [-0.2, -0.15) is 9.29 Å². The van der Waals surface area contributed by atoms with Gasteiger partial charge < -0.3 is 9.84 Å². The van der Waals surface area contributed by atoms with Crippen LogP contribution in [0.1, 0.15) is 0 Å². The van der Waals surface area contributed by atoms with Gasteiger partial charge in [0.1, 0.15) is 0 Å². The molecule has 3 heterocycles. The van der Waals surface area contributed by atoms with Crippen LogP contribution in [0.5, 0.6) is 5.75 Å². The number of sulfonamides is 1. The monoisotopic (exact) mass is 361 g/mol. The van der Waals surface area contributed by atoms with Crippen LogP contribution in [-0.2, 0) is 14.8 Å². The maximum absolute atomic E-state index is 12.8. The molecule has 9 heteroatoms. The van der Waals surface area contributed by atoms with Gasteiger partial charge in [0.05, 0.1) is 29.0 Å². The van der Waals surface area contributed by atoms with Crippen molar-refractivity contribution in [2.45, 2.75) is 4.90 Å². The van der Waals surface area contributed by atoms with Crippen LogP contribution < -0.4 is 5.56 Å². The normalized spacial score (nSPS) is 16.5. The molecular formula is C16H15N3O5S. The summed E-state index contributed by atoms with van der Waals surface area (Å²) >= 11 is 0. The molecule has 3 aromatic rings. The summed E-state index contributed by atoms with van der Waals surface area (Å²) in [5, 5.41) is 10.1. The lowest BCUT2D eigenvalue weighted by atomic mass is 10.2. The zero-order valence-electron chi connectivity index (χ0n) is 13.1. The van der Waals surface area contributed by atoms with Crippen molar-refractivity contribution in [3.8, 4) is 5.75 Å². The number of pyridine rings is 1. The number of nitrogens with zero attached hydrogens (tertiary/aromatic N) is 3. The number of hydrogen-bond donors (Lipinski definition) is 1. The third-order valence-electron chi connectivity index (χ3n) is 4.22. The van der Waals surface area contributed by atoms with Crippen molar-refractivity contribution in [2.24, 2.45) is 0 Å². The molecule has 0 spiro atoms. The SMILES string of the molecule is O=c1nc2c(O)cccn2c2ccc(S(=O)(=O)N3CCOCC3)cc12. The third kappa shape index (κ3) is 2.56. The smallest absolute Gasteiger partial charge is 0.281 e. The Morgan fingerprint density at radius 1 is 1.16 bits per heavy atom. The molecule has 2 aromatic heterocycles. The van der Waals surface area contributed by atoms with E-state index in [-0.39, 0.29) is 34.8 Å². The number of hydrogen-bond acceptors (Lipinski definition) is 6. The Labute approximate surface area is 143 Å². The summed E-state index contributed by atoms with van der Waals surface area (Å²) in [5.41, 5.74) is 0.0196. The number of fused-ring (bicyclic) bond motifs is 3. The van der Waals surface area contributed by atoms with E-state index in [0.717, 1.165) is 0 Å². The maximum Gasteiger partial charge on any atom is 0.281 e. The topological polar surface area (TPSA) is 101 Å². The van der Waals surface area contributed by atoms with Gasteiger partial charge in [0, 0.05) is 19.3 Å². The summed E-state index contributed by atoms with van der Waals surface area (Å²) in [5.74, 6) is -0.119. The minimum absolute atomic E-state index is 0.0425. The first-order valence-corrected chi connectivity index (χ1v) is 9.14. The Hall–Kier alpha value is -2.49. The van der Waals surface area contributed by atoms with Crippen LogP contribution in [0.15, 0.2) is 46.2 Å². The minimum Gasteiger partial charge on any atom is -0.504 e. The van der Waals surface area contributed by atoms with Gasteiger partial charge in [-0.15, -0.1) is 0 Å². The summed E-state index contributed by atoms with van der Waals surface area (Å²) in [6.45, 7) is 1.26. The van der Waals surface area contributed by atoms with Gasteiger partial charge in [-0.25, -0.2) is 8.42 Å². The van der Waals surface area contributed by atoms with E-state index in [1.807, 2.05) is 0 Å². The van der Waals surface area contributed by atoms with Gasteiger partial charge in [0.2, 0.25) is 10.0 Å². The second kappa shape index (κ2) is 5.80. The molecule has 0 saturated carbocycles. The highest BCUT2D eigenvalue weighted by Crippen LogP contribution is 2.23. The number of rotatable bonds is 2. The van der Waals surface area contributed by atoms with E-state index in [0.29, 0.717) is 18.7 Å². The zero-order valence-corrected chi connectivity index (χ0v) is 13.9. The summed E-state index contributed by atoms with van der Waals surface area (Å²) in [7, 11) is -3.70. The molecule has 130 valence electrons. The van der Waals surface area contributed by atoms with Gasteiger partial charge in [0.15, 0.2) is 11.4 Å². The predicted molar refractivity (Wildman–Crippen MR) is 90.2 cm³/mol. The van der Waals surface area contributed by atoms with Gasteiger partial charge >= 0.3 is 0 Å². The molecule has 1 saturated heterocycles. The second-order valence-electron chi connectivity index (χ2n) is 5.70. The molecule has 0 unspecified atom stereocenters. The molecule has 8 nitrogen and oxygen atoms in total. The molecule has 1 aromatic carbocycles. The van der Waals surface area contributed by atoms with Crippen LogP contribution in [0.4, 0.5) is 0 Å². The summed E-state index contributed by atoms with van der Waals surface area (Å²) in [6.07, 6.45) is 1.65. The largest absolute Gasteiger partial charge is 0.504 e. The second-order valence-corrected chi connectivity index (χ2v) is 7.64. The lowest BCUT2D eigenvalue weighted by molar-refractivity contribution is 0.0730. The van der Waals surface area contributed by atoms with Crippen LogP contribution in [0.25, 0.3) is 16.6 Å². The summed E-state index contributed by atoms with van der Waals surface area (Å²) in [4.78, 5) is 16.2. The van der Waals surface area contributed by atoms with Crippen LogP contribution >= 0.6 is 0 Å². The molecule has 0 atom stereocenters. The number of aromatic nitrogens is 2. The first-order chi connectivity index (χ1) is 12.0. The van der Waals surface area contributed by atoms with E-state index < -0.39 is 15.6 Å². The molecule has 1 aliphatic heterocycles. The lowest BCUT2D eigenvalue weighted by Gasteiger charge is -2.26. The van der Waals surface area contributed by atoms with E-state index in [1.165, 1.54) is 22.5 Å². The summed E-state index contributed by atoms with van der Waals surface area (Å²) in [6, 6.07) is 7.41. The molecule has 0 amide bonds. The average molecular weight is 361 g/mol. The predicted octanol–water partition coefficient (Wildman–Crippen LogP) is 0.574. The molecule has 1 fully saturated rings. The maximum atomic E-state index is 12.8. The van der Waals surface area contributed by atoms with Crippen molar-refractivity contribution in [3.05, 3.63) is 46.9 Å². The average Bonchev–Trinajstić information content (AvgIpc) is 2.63. The van der Waals surface area contributed by atoms with Crippen molar-refractivity contribution in [1.82, 2.24) is 13.7 Å². The van der Waals surface area contributed by atoms with Gasteiger partial charge in [-0.1, -0.05) is 0 Å². The molecule has 25 heavy (non-hydrogen) atoms. The van der Waals surface area contributed by atoms with E-state index in [2.05, 4.69) is 4.98 Å². The van der Waals surface area contributed by atoms with E-state index in [1.54, 1.807) is 22.7 Å². The molecule has 4 rings (SSSR count). The highest BCUT2D eigenvalue weighted by molar-refractivity contribution is 7.89. The van der Waals surface area contributed by atoms with Crippen LogP contribution in [0, 0.1) is 0 Å². The molecule has 1 aliphatic rings. The number of morpholine rings is 1. The van der Waals surface area contributed by atoms with Crippen molar-refractivity contribution < 1.29 is 18.3 Å².